The first-order chi connectivity index (χ1) is 15.0. The van der Waals surface area contributed by atoms with Gasteiger partial charge in [0, 0.05) is 12.3 Å². The third-order valence-corrected chi connectivity index (χ3v) is 4.83. The van der Waals surface area contributed by atoms with E-state index in [0.29, 0.717) is 13.0 Å². The Hall–Kier alpha value is -1.62. The van der Waals surface area contributed by atoms with Gasteiger partial charge in [-0.25, -0.2) is 0 Å². The highest BCUT2D eigenvalue weighted by Crippen LogP contribution is 2.09. The van der Waals surface area contributed by atoms with E-state index in [9.17, 15) is 9.59 Å². The van der Waals surface area contributed by atoms with Crippen LogP contribution in [0, 0.1) is 5.92 Å². The second kappa shape index (κ2) is 21.6. The van der Waals surface area contributed by atoms with Gasteiger partial charge in [-0.15, -0.1) is 0 Å². The zero-order chi connectivity index (χ0) is 23.2. The van der Waals surface area contributed by atoms with Gasteiger partial charge in [0.25, 0.3) is 0 Å². The first-order valence-electron chi connectivity index (χ1n) is 12.2. The zero-order valence-electron chi connectivity index (χ0n) is 20.6. The van der Waals surface area contributed by atoms with Crippen molar-refractivity contribution >= 4 is 11.9 Å². The summed E-state index contributed by atoms with van der Waals surface area (Å²) < 4.78 is 10.4. The number of unbranched alkanes of at least 4 members (excludes halogenated alkanes) is 8. The van der Waals surface area contributed by atoms with Crippen molar-refractivity contribution in [3.63, 3.8) is 0 Å². The molecule has 0 radical (unpaired) electrons. The van der Waals surface area contributed by atoms with Gasteiger partial charge in [-0.1, -0.05) is 70.3 Å². The van der Waals surface area contributed by atoms with Gasteiger partial charge in [-0.2, -0.15) is 0 Å². The number of ether oxygens (including phenoxy) is 2. The quantitative estimate of drug-likeness (QED) is 0.131. The maximum absolute atomic E-state index is 11.8. The Labute approximate surface area is 191 Å². The maximum atomic E-state index is 11.8. The summed E-state index contributed by atoms with van der Waals surface area (Å²) in [5.41, 5.74) is 0. The molecule has 1 atom stereocenters. The molecule has 1 unspecified atom stereocenters. The Balaban J connectivity index is 3.47. The second-order valence-electron chi connectivity index (χ2n) is 8.69. The van der Waals surface area contributed by atoms with Gasteiger partial charge in [0.05, 0.1) is 19.8 Å². The molecule has 0 aromatic rings. The Bertz CT molecular complexity index is 500. The predicted octanol–water partition coefficient (Wildman–Crippen LogP) is 6.08. The summed E-state index contributed by atoms with van der Waals surface area (Å²) in [4.78, 5) is 25.1. The SMILES string of the molecule is CCCCC/C=C\C/C=C\CCCCCCCC(=O)OCC(C)COC(=O)CN(C)C. The van der Waals surface area contributed by atoms with E-state index in [0.717, 1.165) is 32.1 Å². The zero-order valence-corrected chi connectivity index (χ0v) is 20.6. The maximum Gasteiger partial charge on any atom is 0.320 e. The molecular formula is C26H47NO4. The van der Waals surface area contributed by atoms with Crippen LogP contribution in [0.2, 0.25) is 0 Å². The third-order valence-electron chi connectivity index (χ3n) is 4.83. The van der Waals surface area contributed by atoms with Gasteiger partial charge < -0.3 is 9.47 Å². The van der Waals surface area contributed by atoms with E-state index < -0.39 is 0 Å². The van der Waals surface area contributed by atoms with Crippen LogP contribution in [0.4, 0.5) is 0 Å². The first kappa shape index (κ1) is 29.4. The Morgan fingerprint density at radius 3 is 1.94 bits per heavy atom. The molecule has 0 spiro atoms. The predicted molar refractivity (Wildman–Crippen MR) is 129 cm³/mol. The smallest absolute Gasteiger partial charge is 0.320 e. The van der Waals surface area contributed by atoms with Crippen LogP contribution in [0.1, 0.15) is 90.9 Å². The number of allylic oxidation sites excluding steroid dienone is 4. The lowest BCUT2D eigenvalue weighted by Crippen LogP contribution is -2.26. The van der Waals surface area contributed by atoms with Gasteiger partial charge >= 0.3 is 11.9 Å². The minimum atomic E-state index is -0.256. The Morgan fingerprint density at radius 2 is 1.32 bits per heavy atom. The summed E-state index contributed by atoms with van der Waals surface area (Å²) in [6.07, 6.45) is 22.4. The summed E-state index contributed by atoms with van der Waals surface area (Å²) >= 11 is 0. The molecule has 5 heteroatoms. The normalized spacial score (nSPS) is 12.7. The number of carbonyl (C=O) groups is 2. The second-order valence-corrected chi connectivity index (χ2v) is 8.69. The topological polar surface area (TPSA) is 55.8 Å². The van der Waals surface area contributed by atoms with Crippen LogP contribution in [0.15, 0.2) is 24.3 Å². The van der Waals surface area contributed by atoms with Gasteiger partial charge in [0.15, 0.2) is 0 Å². The molecule has 31 heavy (non-hydrogen) atoms. The van der Waals surface area contributed by atoms with E-state index in [4.69, 9.17) is 9.47 Å². The fourth-order valence-electron chi connectivity index (χ4n) is 2.98. The van der Waals surface area contributed by atoms with Gasteiger partial charge in [0.1, 0.15) is 0 Å². The summed E-state index contributed by atoms with van der Waals surface area (Å²) in [6, 6.07) is 0. The molecule has 0 aliphatic carbocycles. The number of nitrogens with zero attached hydrogens (tertiary/aromatic N) is 1. The summed E-state index contributed by atoms with van der Waals surface area (Å²) in [5, 5.41) is 0. The lowest BCUT2D eigenvalue weighted by molar-refractivity contribution is -0.149. The van der Waals surface area contributed by atoms with Crippen molar-refractivity contribution in [1.82, 2.24) is 4.90 Å². The van der Waals surface area contributed by atoms with E-state index in [-0.39, 0.29) is 31.0 Å². The Morgan fingerprint density at radius 1 is 0.774 bits per heavy atom. The Kier molecular flexibility index (Phi) is 20.5. The fourth-order valence-corrected chi connectivity index (χ4v) is 2.98. The molecule has 0 bridgehead atoms. The van der Waals surface area contributed by atoms with Crippen molar-refractivity contribution in [2.45, 2.75) is 90.9 Å². The van der Waals surface area contributed by atoms with E-state index in [1.54, 1.807) is 4.90 Å². The monoisotopic (exact) mass is 437 g/mol. The summed E-state index contributed by atoms with van der Waals surface area (Å²) in [6.45, 7) is 4.99. The molecule has 0 aromatic heterocycles. The van der Waals surface area contributed by atoms with E-state index in [1.807, 2.05) is 21.0 Å². The first-order valence-corrected chi connectivity index (χ1v) is 12.2. The van der Waals surface area contributed by atoms with Crippen molar-refractivity contribution in [3.8, 4) is 0 Å². The standard InChI is InChI=1S/C26H47NO4/c1-5-6-7-8-9-10-11-12-13-14-15-16-17-18-19-20-25(28)30-22-24(2)23-31-26(29)21-27(3)4/h9-10,12-13,24H,5-8,11,14-23H2,1-4H3/b10-9-,13-12-. The molecule has 0 aliphatic rings. The minimum absolute atomic E-state index is 0.0136. The highest BCUT2D eigenvalue weighted by molar-refractivity contribution is 5.71. The molecule has 0 rings (SSSR count). The van der Waals surface area contributed by atoms with E-state index in [1.165, 1.54) is 38.5 Å². The fraction of sp³-hybridized carbons (Fsp3) is 0.769. The molecule has 0 aliphatic heterocycles. The van der Waals surface area contributed by atoms with Crippen molar-refractivity contribution in [2.24, 2.45) is 5.92 Å². The summed E-state index contributed by atoms with van der Waals surface area (Å²) in [5.74, 6) is -0.398. The third kappa shape index (κ3) is 22.9. The average molecular weight is 438 g/mol. The van der Waals surface area contributed by atoms with Crippen molar-refractivity contribution in [1.29, 1.82) is 0 Å². The lowest BCUT2D eigenvalue weighted by Gasteiger charge is -2.14. The molecule has 0 aromatic carbocycles. The molecule has 5 nitrogen and oxygen atoms in total. The number of rotatable bonds is 20. The van der Waals surface area contributed by atoms with Crippen LogP contribution in [0.5, 0.6) is 0 Å². The molecule has 180 valence electrons. The number of esters is 2. The average Bonchev–Trinajstić information content (AvgIpc) is 2.73. The van der Waals surface area contributed by atoms with Gasteiger partial charge in [0.2, 0.25) is 0 Å². The lowest BCUT2D eigenvalue weighted by atomic mass is 10.1. The number of likely N-dealkylation sites (N-methyl/N-ethyl adjacent to an activating group) is 1. The molecule has 0 heterocycles. The van der Waals surface area contributed by atoms with Crippen LogP contribution in [0.3, 0.4) is 0 Å². The molecular weight excluding hydrogens is 390 g/mol. The van der Waals surface area contributed by atoms with E-state index >= 15 is 0 Å². The molecule has 0 saturated carbocycles. The molecule has 0 N–H and O–H groups in total. The highest BCUT2D eigenvalue weighted by Gasteiger charge is 2.11. The highest BCUT2D eigenvalue weighted by atomic mass is 16.5. The van der Waals surface area contributed by atoms with Crippen LogP contribution in [-0.4, -0.2) is 50.7 Å². The van der Waals surface area contributed by atoms with Gasteiger partial charge in [-0.3, -0.25) is 14.5 Å². The van der Waals surface area contributed by atoms with Crippen LogP contribution >= 0.6 is 0 Å². The van der Waals surface area contributed by atoms with Crippen LogP contribution < -0.4 is 0 Å². The number of hydrogen-bond donors (Lipinski definition) is 0. The number of hydrogen-bond acceptors (Lipinski definition) is 5. The minimum Gasteiger partial charge on any atom is -0.465 e. The molecule has 0 saturated heterocycles. The molecule has 0 fully saturated rings. The van der Waals surface area contributed by atoms with Crippen molar-refractivity contribution in [3.05, 3.63) is 24.3 Å². The van der Waals surface area contributed by atoms with E-state index in [2.05, 4.69) is 31.2 Å². The number of carbonyl (C=O) groups excluding carboxylic acids is 2. The van der Waals surface area contributed by atoms with Crippen molar-refractivity contribution < 1.29 is 19.1 Å². The van der Waals surface area contributed by atoms with Gasteiger partial charge in [-0.05, 0) is 52.6 Å². The van der Waals surface area contributed by atoms with Crippen molar-refractivity contribution in [2.75, 3.05) is 33.9 Å². The molecule has 0 amide bonds. The summed E-state index contributed by atoms with van der Waals surface area (Å²) in [7, 11) is 3.64. The van der Waals surface area contributed by atoms with Crippen LogP contribution in [-0.2, 0) is 19.1 Å². The largest absolute Gasteiger partial charge is 0.465 e. The van der Waals surface area contributed by atoms with Crippen LogP contribution in [0.25, 0.3) is 0 Å².